The molecule has 0 saturated heterocycles. The summed E-state index contributed by atoms with van der Waals surface area (Å²) in [5, 5.41) is 0.887. The van der Waals surface area contributed by atoms with Crippen molar-refractivity contribution in [3.63, 3.8) is 0 Å². The average molecular weight is 549 g/mol. The van der Waals surface area contributed by atoms with Crippen molar-refractivity contribution in [1.29, 1.82) is 0 Å². The first-order chi connectivity index (χ1) is 15.3. The number of nitrogens with zero attached hydrogens (tertiary/aromatic N) is 4. The van der Waals surface area contributed by atoms with E-state index in [1.807, 2.05) is 0 Å². The van der Waals surface area contributed by atoms with Crippen LogP contribution >= 0.6 is 15.9 Å². The molecular formula is C20H14BrF5N4O2S. The number of benzene rings is 1. The highest BCUT2D eigenvalue weighted by Gasteiger charge is 2.59. The summed E-state index contributed by atoms with van der Waals surface area (Å²) in [5.74, 6) is -5.42. The van der Waals surface area contributed by atoms with Crippen LogP contribution < -0.4 is 0 Å². The van der Waals surface area contributed by atoms with Gasteiger partial charge in [-0.3, -0.25) is 4.98 Å². The highest BCUT2D eigenvalue weighted by atomic mass is 79.9. The van der Waals surface area contributed by atoms with E-state index in [1.54, 1.807) is 18.2 Å². The lowest BCUT2D eigenvalue weighted by molar-refractivity contribution is -0.289. The van der Waals surface area contributed by atoms with Gasteiger partial charge >= 0.3 is 12.1 Å². The van der Waals surface area contributed by atoms with Crippen molar-refractivity contribution < 1.29 is 30.4 Å². The van der Waals surface area contributed by atoms with Crippen LogP contribution in [0.1, 0.15) is 12.5 Å². The SMILES string of the molecule is CCS(=O)(=O)c1c(-c2nc3cc(C(F)(F)C(F)(F)F)cnc3n2C)ncc2c(Br)cccc12. The lowest BCUT2D eigenvalue weighted by Crippen LogP contribution is -2.33. The van der Waals surface area contributed by atoms with Crippen LogP contribution in [0.5, 0.6) is 0 Å². The van der Waals surface area contributed by atoms with Crippen molar-refractivity contribution in [3.05, 3.63) is 46.7 Å². The van der Waals surface area contributed by atoms with Gasteiger partial charge in [0, 0.05) is 34.7 Å². The van der Waals surface area contributed by atoms with Crippen molar-refractivity contribution in [3.8, 4) is 11.5 Å². The number of halogens is 6. The van der Waals surface area contributed by atoms with E-state index >= 15 is 0 Å². The molecule has 0 fully saturated rings. The second-order valence-corrected chi connectivity index (χ2v) is 10.2. The lowest BCUT2D eigenvalue weighted by Gasteiger charge is -2.19. The van der Waals surface area contributed by atoms with E-state index in [0.29, 0.717) is 27.5 Å². The molecular weight excluding hydrogens is 535 g/mol. The van der Waals surface area contributed by atoms with Gasteiger partial charge in [-0.1, -0.05) is 35.0 Å². The van der Waals surface area contributed by atoms with Crippen LogP contribution in [0, 0.1) is 0 Å². The highest BCUT2D eigenvalue weighted by molar-refractivity contribution is 9.10. The summed E-state index contributed by atoms with van der Waals surface area (Å²) < 4.78 is 93.9. The van der Waals surface area contributed by atoms with Crippen LogP contribution in [0.15, 0.2) is 46.0 Å². The minimum absolute atomic E-state index is 0.0114. The van der Waals surface area contributed by atoms with Gasteiger partial charge in [0.2, 0.25) is 0 Å². The number of alkyl halides is 5. The molecule has 33 heavy (non-hydrogen) atoms. The number of hydrogen-bond acceptors (Lipinski definition) is 5. The third-order valence-corrected chi connectivity index (χ3v) is 7.65. The molecule has 0 amide bonds. The summed E-state index contributed by atoms with van der Waals surface area (Å²) in [6, 6.07) is 5.54. The van der Waals surface area contributed by atoms with Crippen molar-refractivity contribution in [2.75, 3.05) is 5.75 Å². The number of aryl methyl sites for hydroxylation is 1. The standard InChI is InChI=1S/C20H14BrF5N4O2S/c1-3-33(31,32)16-11-5-4-6-13(21)12(11)9-27-15(16)18-29-14-7-10(8-28-17(14)30(18)2)19(22,23)20(24,25)26/h4-9H,3H2,1-2H3. The Morgan fingerprint density at radius 1 is 1.06 bits per heavy atom. The first-order valence-electron chi connectivity index (χ1n) is 9.37. The van der Waals surface area contributed by atoms with Gasteiger partial charge in [-0.25, -0.2) is 18.4 Å². The normalized spacial score (nSPS) is 13.2. The molecule has 0 aliphatic carbocycles. The first-order valence-corrected chi connectivity index (χ1v) is 11.8. The van der Waals surface area contributed by atoms with Crippen LogP contribution in [-0.2, 0) is 22.8 Å². The van der Waals surface area contributed by atoms with Crippen molar-refractivity contribution in [1.82, 2.24) is 19.5 Å². The number of rotatable bonds is 4. The Balaban J connectivity index is 2.03. The van der Waals surface area contributed by atoms with E-state index in [9.17, 15) is 30.4 Å². The zero-order valence-electron chi connectivity index (χ0n) is 17.0. The summed E-state index contributed by atoms with van der Waals surface area (Å²) in [6.07, 6.45) is -3.95. The maximum Gasteiger partial charge on any atom is 0.458 e. The van der Waals surface area contributed by atoms with Crippen LogP contribution in [-0.4, -0.2) is 39.9 Å². The predicted molar refractivity (Wildman–Crippen MR) is 115 cm³/mol. The maximum atomic E-state index is 13.8. The van der Waals surface area contributed by atoms with Crippen molar-refractivity contribution >= 4 is 47.7 Å². The number of fused-ring (bicyclic) bond motifs is 2. The summed E-state index contributed by atoms with van der Waals surface area (Å²) >= 11 is 3.36. The molecule has 0 aliphatic heterocycles. The van der Waals surface area contributed by atoms with Gasteiger partial charge in [0.05, 0.1) is 11.3 Å². The second-order valence-electron chi connectivity index (χ2n) is 7.17. The molecule has 0 spiro atoms. The van der Waals surface area contributed by atoms with E-state index in [2.05, 4.69) is 30.9 Å². The van der Waals surface area contributed by atoms with E-state index in [4.69, 9.17) is 0 Å². The minimum atomic E-state index is -5.81. The first kappa shape index (κ1) is 23.5. The molecule has 6 nitrogen and oxygen atoms in total. The molecule has 0 bridgehead atoms. The Kier molecular flexibility index (Phi) is 5.47. The smallest absolute Gasteiger partial charge is 0.310 e. The second kappa shape index (κ2) is 7.69. The van der Waals surface area contributed by atoms with Gasteiger partial charge in [-0.05, 0) is 12.1 Å². The number of pyridine rings is 2. The molecule has 0 atom stereocenters. The third-order valence-electron chi connectivity index (χ3n) is 5.17. The van der Waals surface area contributed by atoms with Crippen LogP contribution in [0.25, 0.3) is 33.5 Å². The molecule has 0 saturated carbocycles. The molecule has 0 aliphatic rings. The molecule has 0 unspecified atom stereocenters. The van der Waals surface area contributed by atoms with Gasteiger partial charge < -0.3 is 4.57 Å². The Labute approximate surface area is 192 Å². The van der Waals surface area contributed by atoms with E-state index in [1.165, 1.54) is 24.7 Å². The summed E-state index contributed by atoms with van der Waals surface area (Å²) in [4.78, 5) is 12.0. The molecule has 3 heterocycles. The van der Waals surface area contributed by atoms with Gasteiger partial charge in [0.25, 0.3) is 0 Å². The van der Waals surface area contributed by atoms with Gasteiger partial charge in [0.15, 0.2) is 21.3 Å². The Morgan fingerprint density at radius 3 is 2.39 bits per heavy atom. The summed E-state index contributed by atoms with van der Waals surface area (Å²) in [5.41, 5.74) is -1.70. The van der Waals surface area contributed by atoms with E-state index < -0.39 is 27.5 Å². The third kappa shape index (κ3) is 3.66. The zero-order valence-corrected chi connectivity index (χ0v) is 19.4. The zero-order chi connectivity index (χ0) is 24.3. The molecule has 174 valence electrons. The fraction of sp³-hybridized carbons (Fsp3) is 0.250. The molecule has 4 aromatic rings. The molecule has 4 rings (SSSR count). The number of imidazole rings is 1. The topological polar surface area (TPSA) is 77.7 Å². The van der Waals surface area contributed by atoms with Crippen molar-refractivity contribution in [2.24, 2.45) is 7.05 Å². The fourth-order valence-electron chi connectivity index (χ4n) is 3.42. The largest absolute Gasteiger partial charge is 0.458 e. The predicted octanol–water partition coefficient (Wildman–Crippen LogP) is 5.39. The van der Waals surface area contributed by atoms with Gasteiger partial charge in [0.1, 0.15) is 16.1 Å². The lowest BCUT2D eigenvalue weighted by atomic mass is 10.1. The van der Waals surface area contributed by atoms with Gasteiger partial charge in [-0.15, -0.1) is 0 Å². The molecule has 1 aromatic carbocycles. The minimum Gasteiger partial charge on any atom is -0.310 e. The number of aromatic nitrogens is 4. The molecule has 0 N–H and O–H groups in total. The van der Waals surface area contributed by atoms with Gasteiger partial charge in [-0.2, -0.15) is 22.0 Å². The Hall–Kier alpha value is -2.67. The fourth-order valence-corrected chi connectivity index (χ4v) is 5.13. The maximum absolute atomic E-state index is 13.8. The molecule has 13 heteroatoms. The molecule has 0 radical (unpaired) electrons. The van der Waals surface area contributed by atoms with E-state index in [0.717, 1.165) is 0 Å². The Morgan fingerprint density at radius 2 is 1.76 bits per heavy atom. The van der Waals surface area contributed by atoms with E-state index in [-0.39, 0.29) is 33.3 Å². The summed E-state index contributed by atoms with van der Waals surface area (Å²) in [6.45, 7) is 1.46. The monoisotopic (exact) mass is 548 g/mol. The van der Waals surface area contributed by atoms with Crippen molar-refractivity contribution in [2.45, 2.75) is 23.9 Å². The number of hydrogen-bond donors (Lipinski definition) is 0. The van der Waals surface area contributed by atoms with Crippen LogP contribution in [0.2, 0.25) is 0 Å². The van der Waals surface area contributed by atoms with Crippen LogP contribution in [0.3, 0.4) is 0 Å². The highest BCUT2D eigenvalue weighted by Crippen LogP contribution is 2.44. The quantitative estimate of drug-likeness (QED) is 0.319. The summed E-state index contributed by atoms with van der Waals surface area (Å²) in [7, 11) is -2.41. The average Bonchev–Trinajstić information content (AvgIpc) is 3.08. The molecule has 3 aromatic heterocycles. The van der Waals surface area contributed by atoms with Crippen LogP contribution in [0.4, 0.5) is 22.0 Å². The number of sulfone groups is 1. The Bertz CT molecular complexity index is 1520.